The summed E-state index contributed by atoms with van der Waals surface area (Å²) in [7, 11) is 5.18. The molecule has 7 nitrogen and oxygen atoms in total. The molecular formula is C21H35N5O2. The van der Waals surface area contributed by atoms with Gasteiger partial charge in [-0.3, -0.25) is 9.69 Å². The molecule has 0 radical (unpaired) electrons. The van der Waals surface area contributed by atoms with E-state index in [4.69, 9.17) is 4.74 Å². The van der Waals surface area contributed by atoms with E-state index in [1.807, 2.05) is 19.1 Å². The van der Waals surface area contributed by atoms with Crippen molar-refractivity contribution in [3.05, 3.63) is 29.8 Å². The lowest BCUT2D eigenvalue weighted by atomic mass is 10.0. The number of aliphatic imine (C=N–C) groups is 1. The van der Waals surface area contributed by atoms with Gasteiger partial charge in [-0.15, -0.1) is 0 Å². The Labute approximate surface area is 169 Å². The Morgan fingerprint density at radius 1 is 1.18 bits per heavy atom. The number of hydrogen-bond acceptors (Lipinski definition) is 4. The zero-order chi connectivity index (χ0) is 20.4. The highest BCUT2D eigenvalue weighted by atomic mass is 16.5. The van der Waals surface area contributed by atoms with E-state index in [1.165, 1.54) is 24.8 Å². The summed E-state index contributed by atoms with van der Waals surface area (Å²) < 4.78 is 5.30. The second-order valence-corrected chi connectivity index (χ2v) is 7.25. The maximum Gasteiger partial charge on any atom is 0.243 e. The van der Waals surface area contributed by atoms with Crippen molar-refractivity contribution in [2.24, 2.45) is 4.99 Å². The predicted octanol–water partition coefficient (Wildman–Crippen LogP) is 1.87. The zero-order valence-corrected chi connectivity index (χ0v) is 17.7. The van der Waals surface area contributed by atoms with E-state index in [1.54, 1.807) is 26.1 Å². The molecule has 1 atom stereocenters. The van der Waals surface area contributed by atoms with Gasteiger partial charge in [-0.2, -0.15) is 0 Å². The third-order valence-electron chi connectivity index (χ3n) is 5.01. The number of amides is 1. The minimum Gasteiger partial charge on any atom is -0.497 e. The fraction of sp³-hybridized carbons (Fsp3) is 0.619. The Kier molecular flexibility index (Phi) is 9.07. The number of guanidine groups is 1. The van der Waals surface area contributed by atoms with Crippen LogP contribution in [0, 0.1) is 0 Å². The highest BCUT2D eigenvalue weighted by molar-refractivity contribution is 5.84. The molecule has 1 aliphatic heterocycles. The summed E-state index contributed by atoms with van der Waals surface area (Å²) in [6.07, 6.45) is 3.77. The molecule has 0 aliphatic carbocycles. The predicted molar refractivity (Wildman–Crippen MR) is 114 cm³/mol. The van der Waals surface area contributed by atoms with Gasteiger partial charge in [-0.1, -0.05) is 18.6 Å². The number of methoxy groups -OCH3 is 1. The lowest BCUT2D eigenvalue weighted by molar-refractivity contribution is -0.127. The first-order valence-electron chi connectivity index (χ1n) is 10.2. The van der Waals surface area contributed by atoms with Crippen molar-refractivity contribution in [2.75, 3.05) is 53.9 Å². The maximum absolute atomic E-state index is 11.9. The molecule has 1 aromatic carbocycles. The van der Waals surface area contributed by atoms with Crippen molar-refractivity contribution in [3.8, 4) is 5.75 Å². The van der Waals surface area contributed by atoms with E-state index in [2.05, 4.69) is 32.7 Å². The van der Waals surface area contributed by atoms with Crippen LogP contribution >= 0.6 is 0 Å². The Balaban J connectivity index is 2.10. The van der Waals surface area contributed by atoms with Gasteiger partial charge in [-0.25, -0.2) is 4.99 Å². The number of nitrogens with one attached hydrogen (secondary N) is 2. The first-order chi connectivity index (χ1) is 13.5. The van der Waals surface area contributed by atoms with Gasteiger partial charge in [-0.05, 0) is 50.6 Å². The number of benzene rings is 1. The minimum atomic E-state index is -0.0139. The van der Waals surface area contributed by atoms with Crippen LogP contribution in [-0.4, -0.2) is 75.6 Å². The summed E-state index contributed by atoms with van der Waals surface area (Å²) in [5.74, 6) is 1.53. The van der Waals surface area contributed by atoms with Gasteiger partial charge in [0.15, 0.2) is 5.96 Å². The average molecular weight is 390 g/mol. The summed E-state index contributed by atoms with van der Waals surface area (Å²) in [5.41, 5.74) is 1.26. The number of likely N-dealkylation sites (tertiary alicyclic amines) is 1. The van der Waals surface area contributed by atoms with Crippen LogP contribution in [0.4, 0.5) is 0 Å². The number of ether oxygens (including phenoxy) is 1. The number of carbonyl (C=O) groups is 1. The van der Waals surface area contributed by atoms with Crippen LogP contribution in [0.2, 0.25) is 0 Å². The molecule has 1 unspecified atom stereocenters. The number of likely N-dealkylation sites (N-methyl/N-ethyl adjacent to an activating group) is 1. The molecule has 7 heteroatoms. The summed E-state index contributed by atoms with van der Waals surface area (Å²) in [4.78, 5) is 20.4. The third kappa shape index (κ3) is 6.71. The van der Waals surface area contributed by atoms with E-state index in [0.29, 0.717) is 5.96 Å². The Morgan fingerprint density at radius 3 is 2.43 bits per heavy atom. The largest absolute Gasteiger partial charge is 0.497 e. The molecule has 0 spiro atoms. The highest BCUT2D eigenvalue weighted by Crippen LogP contribution is 2.25. The van der Waals surface area contributed by atoms with Crippen LogP contribution in [0.5, 0.6) is 5.75 Å². The van der Waals surface area contributed by atoms with Gasteiger partial charge in [0.1, 0.15) is 12.3 Å². The number of nitrogens with zero attached hydrogens (tertiary/aromatic N) is 3. The van der Waals surface area contributed by atoms with Crippen LogP contribution in [0.1, 0.15) is 37.8 Å². The molecule has 1 aliphatic rings. The summed E-state index contributed by atoms with van der Waals surface area (Å²) in [6.45, 7) is 5.85. The molecule has 1 fully saturated rings. The number of piperidine rings is 1. The highest BCUT2D eigenvalue weighted by Gasteiger charge is 2.22. The molecule has 0 aromatic heterocycles. The van der Waals surface area contributed by atoms with Crippen molar-refractivity contribution >= 4 is 11.9 Å². The monoisotopic (exact) mass is 389 g/mol. The minimum absolute atomic E-state index is 0.0139. The van der Waals surface area contributed by atoms with E-state index in [-0.39, 0.29) is 18.5 Å². The smallest absolute Gasteiger partial charge is 0.243 e. The number of carbonyl (C=O) groups excluding carboxylic acids is 1. The summed E-state index contributed by atoms with van der Waals surface area (Å²) in [6, 6.07) is 8.56. The third-order valence-corrected chi connectivity index (χ3v) is 5.01. The molecule has 0 saturated carbocycles. The van der Waals surface area contributed by atoms with Gasteiger partial charge < -0.3 is 20.3 Å². The van der Waals surface area contributed by atoms with Crippen LogP contribution in [0.15, 0.2) is 29.3 Å². The van der Waals surface area contributed by atoms with Crippen LogP contribution in [0.3, 0.4) is 0 Å². The molecule has 156 valence electrons. The van der Waals surface area contributed by atoms with Crippen LogP contribution in [-0.2, 0) is 4.79 Å². The second-order valence-electron chi connectivity index (χ2n) is 7.25. The molecule has 1 amide bonds. The van der Waals surface area contributed by atoms with E-state index >= 15 is 0 Å². The molecular weight excluding hydrogens is 354 g/mol. The first-order valence-corrected chi connectivity index (χ1v) is 10.2. The first kappa shape index (κ1) is 22.0. The molecule has 2 N–H and O–H groups in total. The molecule has 0 bridgehead atoms. The van der Waals surface area contributed by atoms with Crippen molar-refractivity contribution in [1.29, 1.82) is 0 Å². The lowest BCUT2D eigenvalue weighted by Crippen LogP contribution is -2.44. The quantitative estimate of drug-likeness (QED) is 0.525. The van der Waals surface area contributed by atoms with Gasteiger partial charge in [0, 0.05) is 27.2 Å². The van der Waals surface area contributed by atoms with Crippen molar-refractivity contribution in [3.63, 3.8) is 0 Å². The Morgan fingerprint density at radius 2 is 1.86 bits per heavy atom. The van der Waals surface area contributed by atoms with Crippen LogP contribution < -0.4 is 15.4 Å². The molecule has 2 rings (SSSR count). The zero-order valence-electron chi connectivity index (χ0n) is 17.7. The number of rotatable bonds is 8. The van der Waals surface area contributed by atoms with E-state index in [0.717, 1.165) is 31.9 Å². The van der Waals surface area contributed by atoms with Crippen molar-refractivity contribution < 1.29 is 9.53 Å². The fourth-order valence-corrected chi connectivity index (χ4v) is 3.34. The maximum atomic E-state index is 11.9. The topological polar surface area (TPSA) is 69.2 Å². The Hall–Kier alpha value is -2.28. The molecule has 28 heavy (non-hydrogen) atoms. The SMILES string of the molecule is CCNC(=NCC(=O)N(C)C)NCC(c1ccc(OC)cc1)N1CCCCC1. The normalized spacial score (nSPS) is 16.4. The average Bonchev–Trinajstić information content (AvgIpc) is 2.73. The van der Waals surface area contributed by atoms with Gasteiger partial charge >= 0.3 is 0 Å². The van der Waals surface area contributed by atoms with E-state index in [9.17, 15) is 4.79 Å². The van der Waals surface area contributed by atoms with Gasteiger partial charge in [0.2, 0.25) is 5.91 Å². The van der Waals surface area contributed by atoms with Gasteiger partial charge in [0.05, 0.1) is 13.2 Å². The molecule has 1 aromatic rings. The fourth-order valence-electron chi connectivity index (χ4n) is 3.34. The molecule has 1 saturated heterocycles. The standard InChI is InChI=1S/C21H35N5O2/c1-5-22-21(24-16-20(27)25(2)3)23-15-19(26-13-7-6-8-14-26)17-9-11-18(28-4)12-10-17/h9-12,19H,5-8,13-16H2,1-4H3,(H2,22,23,24). The van der Waals surface area contributed by atoms with Crippen molar-refractivity contribution in [1.82, 2.24) is 20.4 Å². The van der Waals surface area contributed by atoms with Gasteiger partial charge in [0.25, 0.3) is 0 Å². The number of hydrogen-bond donors (Lipinski definition) is 2. The van der Waals surface area contributed by atoms with Crippen molar-refractivity contribution in [2.45, 2.75) is 32.2 Å². The lowest BCUT2D eigenvalue weighted by Gasteiger charge is -2.35. The van der Waals surface area contributed by atoms with E-state index < -0.39 is 0 Å². The summed E-state index contributed by atoms with van der Waals surface area (Å²) >= 11 is 0. The second kappa shape index (κ2) is 11.5. The van der Waals surface area contributed by atoms with Crippen LogP contribution in [0.25, 0.3) is 0 Å². The molecule has 1 heterocycles. The summed E-state index contributed by atoms with van der Waals surface area (Å²) in [5, 5.41) is 6.67. The Bertz CT molecular complexity index is 624.